The topological polar surface area (TPSA) is 115 Å². The van der Waals surface area contributed by atoms with Gasteiger partial charge in [0.1, 0.15) is 6.33 Å². The first-order chi connectivity index (χ1) is 15.9. The quantitative estimate of drug-likeness (QED) is 0.326. The van der Waals surface area contributed by atoms with E-state index >= 15 is 0 Å². The summed E-state index contributed by atoms with van der Waals surface area (Å²) in [5, 5.41) is 3.75. The van der Waals surface area contributed by atoms with Gasteiger partial charge < -0.3 is 0 Å². The highest BCUT2D eigenvalue weighted by molar-refractivity contribution is 5.91. The van der Waals surface area contributed by atoms with E-state index in [1.807, 2.05) is 0 Å². The maximum atomic E-state index is 13.0. The molecule has 0 radical (unpaired) electrons. The first-order valence-corrected chi connectivity index (χ1v) is 9.15. The van der Waals surface area contributed by atoms with Crippen LogP contribution < -0.4 is 10.9 Å². The van der Waals surface area contributed by atoms with E-state index in [4.69, 9.17) is 0 Å². The van der Waals surface area contributed by atoms with Crippen LogP contribution in [0.15, 0.2) is 49.2 Å². The third kappa shape index (κ3) is 6.60. The number of alkyl halides is 6. The molecule has 0 unspecified atom stereocenters. The van der Waals surface area contributed by atoms with Gasteiger partial charge in [-0.3, -0.25) is 30.4 Å². The number of amides is 2. The molecule has 0 aliphatic carbocycles. The number of rotatable bonds is 5. The summed E-state index contributed by atoms with van der Waals surface area (Å²) in [6.45, 7) is 0. The molecule has 0 bridgehead atoms. The number of nitrogens with one attached hydrogen (secondary N) is 2. The molecular weight excluding hydrogens is 472 g/mol. The van der Waals surface area contributed by atoms with E-state index in [9.17, 15) is 35.9 Å². The molecule has 2 amide bonds. The Morgan fingerprint density at radius 1 is 0.941 bits per heavy atom. The lowest BCUT2D eigenvalue weighted by molar-refractivity contribution is -0.143. The first kappa shape index (κ1) is 24.3. The van der Waals surface area contributed by atoms with Gasteiger partial charge in [-0.25, -0.2) is 9.67 Å². The fourth-order valence-corrected chi connectivity index (χ4v) is 2.51. The third-order valence-electron chi connectivity index (χ3n) is 4.02. The molecule has 0 spiro atoms. The summed E-state index contributed by atoms with van der Waals surface area (Å²) in [4.78, 5) is 34.9. The molecule has 178 valence electrons. The van der Waals surface area contributed by atoms with Gasteiger partial charge in [-0.05, 0) is 18.2 Å². The summed E-state index contributed by atoms with van der Waals surface area (Å²) < 4.78 is 79.0. The molecule has 0 aliphatic heterocycles. The Morgan fingerprint density at radius 2 is 1.62 bits per heavy atom. The average Bonchev–Trinajstić information content (AvgIpc) is 3.25. The van der Waals surface area contributed by atoms with Crippen LogP contribution in [0.3, 0.4) is 0 Å². The molecule has 0 saturated heterocycles. The molecule has 0 aliphatic rings. The van der Waals surface area contributed by atoms with Crippen LogP contribution in [0.4, 0.5) is 26.3 Å². The van der Waals surface area contributed by atoms with Gasteiger partial charge in [0, 0.05) is 36.4 Å². The lowest BCUT2D eigenvalue weighted by Gasteiger charge is -2.13. The lowest BCUT2D eigenvalue weighted by atomic mass is 10.0. The van der Waals surface area contributed by atoms with Crippen LogP contribution in [0.2, 0.25) is 0 Å². The highest BCUT2D eigenvalue weighted by atomic mass is 19.4. The fourth-order valence-electron chi connectivity index (χ4n) is 2.51. The molecule has 0 atom stereocenters. The number of carbonyl (C=O) groups excluding carboxylic acids is 2. The largest absolute Gasteiger partial charge is 0.416 e. The molecule has 15 heteroatoms. The number of hydrazine groups is 1. The Hall–Kier alpha value is -4.30. The predicted octanol–water partition coefficient (Wildman–Crippen LogP) is 2.63. The van der Waals surface area contributed by atoms with Crippen LogP contribution in [-0.2, 0) is 28.4 Å². The summed E-state index contributed by atoms with van der Waals surface area (Å²) in [5.41, 5.74) is 1.02. The van der Waals surface area contributed by atoms with Crippen LogP contribution >= 0.6 is 0 Å². The van der Waals surface area contributed by atoms with E-state index in [0.29, 0.717) is 17.8 Å². The van der Waals surface area contributed by atoms with Gasteiger partial charge in [-0.1, -0.05) is 0 Å². The Bertz CT molecular complexity index is 1170. The highest BCUT2D eigenvalue weighted by Gasteiger charge is 2.37. The molecule has 34 heavy (non-hydrogen) atoms. The van der Waals surface area contributed by atoms with Gasteiger partial charge in [0.05, 0.1) is 23.2 Å². The molecule has 1 aromatic carbocycles. The standard InChI is InChI=1S/C19H13F6N7O2/c20-18(21,22)12-5-11(6-13(7-12)19(23,24)25)17-28-10-32(31-17)4-1-15(33)29-30-16(34)8-14-9-26-2-3-27-14/h1-7,9-10H,8H2,(H,29,33)(H,30,34)/b4-1-. The SMILES string of the molecule is O=C(/C=C\n1cnc(-c2cc(C(F)(F)F)cc(C(F)(F)F)c2)n1)NNC(=O)Cc1cnccn1. The zero-order valence-corrected chi connectivity index (χ0v) is 16.7. The number of hydrogen-bond donors (Lipinski definition) is 2. The monoisotopic (exact) mass is 485 g/mol. The second kappa shape index (κ2) is 9.68. The van der Waals surface area contributed by atoms with Crippen LogP contribution in [-0.4, -0.2) is 36.5 Å². The van der Waals surface area contributed by atoms with E-state index in [2.05, 4.69) is 30.9 Å². The Morgan fingerprint density at radius 3 is 2.21 bits per heavy atom. The van der Waals surface area contributed by atoms with Crippen LogP contribution in [0.5, 0.6) is 0 Å². The molecule has 0 fully saturated rings. The predicted molar refractivity (Wildman–Crippen MR) is 103 cm³/mol. The zero-order valence-electron chi connectivity index (χ0n) is 16.7. The molecule has 2 N–H and O–H groups in total. The minimum atomic E-state index is -5.02. The van der Waals surface area contributed by atoms with Gasteiger partial charge >= 0.3 is 12.4 Å². The fraction of sp³-hybridized carbons (Fsp3) is 0.158. The minimum absolute atomic E-state index is 0.0105. The smallest absolute Gasteiger partial charge is 0.273 e. The molecular formula is C19H13F6N7O2. The summed E-state index contributed by atoms with van der Waals surface area (Å²) in [7, 11) is 0. The second-order valence-corrected chi connectivity index (χ2v) is 6.57. The molecule has 3 rings (SSSR count). The van der Waals surface area contributed by atoms with Gasteiger partial charge in [-0.2, -0.15) is 26.3 Å². The van der Waals surface area contributed by atoms with Gasteiger partial charge in [0.25, 0.3) is 5.91 Å². The van der Waals surface area contributed by atoms with Crippen molar-refractivity contribution in [2.24, 2.45) is 0 Å². The van der Waals surface area contributed by atoms with Gasteiger partial charge in [0.2, 0.25) is 5.91 Å². The van der Waals surface area contributed by atoms with Crippen molar-refractivity contribution in [1.82, 2.24) is 35.6 Å². The number of aromatic nitrogens is 5. The van der Waals surface area contributed by atoms with Gasteiger partial charge in [0.15, 0.2) is 5.82 Å². The normalized spacial score (nSPS) is 12.1. The maximum absolute atomic E-state index is 13.0. The van der Waals surface area contributed by atoms with Gasteiger partial charge in [-0.15, -0.1) is 5.10 Å². The Labute approximate surface area is 186 Å². The molecule has 2 heterocycles. The Kier molecular flexibility index (Phi) is 6.93. The molecule has 0 saturated carbocycles. The van der Waals surface area contributed by atoms with E-state index in [-0.39, 0.29) is 12.5 Å². The number of halogens is 6. The van der Waals surface area contributed by atoms with Crippen LogP contribution in [0, 0.1) is 0 Å². The van der Waals surface area contributed by atoms with Crippen LogP contribution in [0.25, 0.3) is 17.6 Å². The third-order valence-corrected chi connectivity index (χ3v) is 4.02. The summed E-state index contributed by atoms with van der Waals surface area (Å²) in [6.07, 6.45) is -3.12. The number of carbonyl (C=O) groups is 2. The highest BCUT2D eigenvalue weighted by Crippen LogP contribution is 2.38. The summed E-state index contributed by atoms with van der Waals surface area (Å²) in [6, 6.07) is 0.958. The molecule has 2 aromatic heterocycles. The van der Waals surface area contributed by atoms with Crippen molar-refractivity contribution in [2.75, 3.05) is 0 Å². The second-order valence-electron chi connectivity index (χ2n) is 6.57. The van der Waals surface area contributed by atoms with E-state index in [1.54, 1.807) is 0 Å². The minimum Gasteiger partial charge on any atom is -0.273 e. The molecule has 9 nitrogen and oxygen atoms in total. The van der Waals surface area contributed by atoms with Crippen LogP contribution in [0.1, 0.15) is 16.8 Å². The number of hydrogen-bond acceptors (Lipinski definition) is 6. The lowest BCUT2D eigenvalue weighted by Crippen LogP contribution is -2.41. The number of benzene rings is 1. The van der Waals surface area contributed by atoms with Crippen molar-refractivity contribution in [3.63, 3.8) is 0 Å². The maximum Gasteiger partial charge on any atom is 0.416 e. The Balaban J connectivity index is 1.67. The van der Waals surface area contributed by atoms with E-state index in [0.717, 1.165) is 23.3 Å². The first-order valence-electron chi connectivity index (χ1n) is 9.15. The zero-order chi connectivity index (χ0) is 24.9. The number of nitrogens with zero attached hydrogens (tertiary/aromatic N) is 5. The van der Waals surface area contributed by atoms with Crippen molar-refractivity contribution in [2.45, 2.75) is 18.8 Å². The van der Waals surface area contributed by atoms with Crippen molar-refractivity contribution < 1.29 is 35.9 Å². The van der Waals surface area contributed by atoms with Crippen molar-refractivity contribution in [1.29, 1.82) is 0 Å². The summed E-state index contributed by atoms with van der Waals surface area (Å²) in [5.74, 6) is -1.82. The van der Waals surface area contributed by atoms with Crippen molar-refractivity contribution in [3.05, 3.63) is 66.0 Å². The average molecular weight is 485 g/mol. The molecule has 3 aromatic rings. The summed E-state index contributed by atoms with van der Waals surface area (Å²) >= 11 is 0. The van der Waals surface area contributed by atoms with E-state index in [1.165, 1.54) is 18.6 Å². The van der Waals surface area contributed by atoms with E-state index < -0.39 is 46.7 Å². The van der Waals surface area contributed by atoms with Crippen molar-refractivity contribution in [3.8, 4) is 11.4 Å². The van der Waals surface area contributed by atoms with Crippen molar-refractivity contribution >= 4 is 18.0 Å².